The van der Waals surface area contributed by atoms with Gasteiger partial charge < -0.3 is 9.84 Å². The molecule has 0 saturated carbocycles. The molecular formula is C26H20N2O4S. The molecule has 0 aliphatic carbocycles. The molecule has 1 fully saturated rings. The Morgan fingerprint density at radius 3 is 2.58 bits per heavy atom. The lowest BCUT2D eigenvalue weighted by atomic mass is 9.95. The first-order valence-electron chi connectivity index (χ1n) is 10.4. The Balaban J connectivity index is 1.72. The van der Waals surface area contributed by atoms with Crippen molar-refractivity contribution < 1.29 is 19.4 Å². The summed E-state index contributed by atoms with van der Waals surface area (Å²) in [5, 5.41) is 11.6. The van der Waals surface area contributed by atoms with Crippen molar-refractivity contribution in [1.29, 1.82) is 0 Å². The first kappa shape index (κ1) is 20.9. The van der Waals surface area contributed by atoms with E-state index in [-0.39, 0.29) is 11.3 Å². The Labute approximate surface area is 194 Å². The quantitative estimate of drug-likeness (QED) is 0.258. The highest BCUT2D eigenvalue weighted by Crippen LogP contribution is 2.44. The van der Waals surface area contributed by atoms with E-state index < -0.39 is 17.7 Å². The van der Waals surface area contributed by atoms with Gasteiger partial charge in [0.25, 0.3) is 5.78 Å². The van der Waals surface area contributed by atoms with Gasteiger partial charge in [0.05, 0.1) is 28.9 Å². The maximum absolute atomic E-state index is 13.3. The second-order valence-electron chi connectivity index (χ2n) is 7.78. The van der Waals surface area contributed by atoms with Gasteiger partial charge in [-0.3, -0.25) is 14.5 Å². The second kappa shape index (κ2) is 8.18. The van der Waals surface area contributed by atoms with E-state index in [1.165, 1.54) is 23.3 Å². The van der Waals surface area contributed by atoms with Crippen LogP contribution in [0.3, 0.4) is 0 Å². The zero-order valence-corrected chi connectivity index (χ0v) is 18.8. The van der Waals surface area contributed by atoms with Crippen LogP contribution >= 0.6 is 11.3 Å². The summed E-state index contributed by atoms with van der Waals surface area (Å²) in [5.41, 5.74) is 2.96. The molecule has 1 saturated heterocycles. The number of benzene rings is 3. The number of Topliss-reactive ketones (excluding diaryl/α,β-unsaturated/α-hetero) is 1. The summed E-state index contributed by atoms with van der Waals surface area (Å²) in [4.78, 5) is 32.6. The SMILES string of the molecule is COc1cccc(C(O)=C2C(=O)C(=O)N(c3nc4ccc(C)cc4s3)[C@H]2c2ccccc2)c1. The highest BCUT2D eigenvalue weighted by atomic mass is 32.1. The van der Waals surface area contributed by atoms with E-state index in [4.69, 9.17) is 4.74 Å². The van der Waals surface area contributed by atoms with Crippen LogP contribution < -0.4 is 9.64 Å². The van der Waals surface area contributed by atoms with Crippen molar-refractivity contribution in [2.24, 2.45) is 0 Å². The normalized spacial score (nSPS) is 17.6. The number of aliphatic hydroxyl groups is 1. The van der Waals surface area contributed by atoms with Gasteiger partial charge in [0.1, 0.15) is 11.5 Å². The number of anilines is 1. The van der Waals surface area contributed by atoms with E-state index in [1.54, 1.807) is 24.3 Å². The topological polar surface area (TPSA) is 79.7 Å². The number of amides is 1. The summed E-state index contributed by atoms with van der Waals surface area (Å²) in [7, 11) is 1.52. The van der Waals surface area contributed by atoms with E-state index in [0.29, 0.717) is 22.0 Å². The van der Waals surface area contributed by atoms with Crippen molar-refractivity contribution in [2.45, 2.75) is 13.0 Å². The number of ether oxygens (including phenoxy) is 1. The van der Waals surface area contributed by atoms with Crippen LogP contribution in [0.5, 0.6) is 5.75 Å². The van der Waals surface area contributed by atoms with Crippen LogP contribution in [0.2, 0.25) is 0 Å². The maximum atomic E-state index is 13.3. The van der Waals surface area contributed by atoms with Crippen molar-refractivity contribution in [3.63, 3.8) is 0 Å². The molecule has 0 bridgehead atoms. The van der Waals surface area contributed by atoms with Crippen LogP contribution in [0.25, 0.3) is 16.0 Å². The second-order valence-corrected chi connectivity index (χ2v) is 8.79. The molecule has 1 N–H and O–H groups in total. The van der Waals surface area contributed by atoms with Gasteiger partial charge in [0.15, 0.2) is 5.13 Å². The Kier molecular flexibility index (Phi) is 5.18. The molecule has 0 radical (unpaired) electrons. The van der Waals surface area contributed by atoms with E-state index in [0.717, 1.165) is 15.8 Å². The molecule has 1 amide bonds. The van der Waals surface area contributed by atoms with Crippen LogP contribution in [-0.2, 0) is 9.59 Å². The average molecular weight is 457 g/mol. The summed E-state index contributed by atoms with van der Waals surface area (Å²) in [6.07, 6.45) is 0. The minimum Gasteiger partial charge on any atom is -0.507 e. The van der Waals surface area contributed by atoms with Crippen LogP contribution in [-0.4, -0.2) is 28.9 Å². The van der Waals surface area contributed by atoms with Crippen molar-refractivity contribution >= 4 is 44.1 Å². The van der Waals surface area contributed by atoms with Crippen molar-refractivity contribution in [3.05, 3.63) is 95.1 Å². The number of aromatic nitrogens is 1. The van der Waals surface area contributed by atoms with Gasteiger partial charge in [0.2, 0.25) is 0 Å². The summed E-state index contributed by atoms with van der Waals surface area (Å²) in [6.45, 7) is 1.99. The molecule has 1 atom stereocenters. The highest BCUT2D eigenvalue weighted by Gasteiger charge is 2.48. The number of aryl methyl sites for hydroxylation is 1. The van der Waals surface area contributed by atoms with Gasteiger partial charge in [-0.15, -0.1) is 0 Å². The van der Waals surface area contributed by atoms with E-state index in [9.17, 15) is 14.7 Å². The number of hydrogen-bond acceptors (Lipinski definition) is 6. The number of rotatable bonds is 4. The van der Waals surface area contributed by atoms with Crippen molar-refractivity contribution in [1.82, 2.24) is 4.98 Å². The molecule has 7 heteroatoms. The van der Waals surface area contributed by atoms with Gasteiger partial charge in [-0.1, -0.05) is 59.9 Å². The fourth-order valence-electron chi connectivity index (χ4n) is 4.03. The third kappa shape index (κ3) is 3.56. The number of ketones is 1. The summed E-state index contributed by atoms with van der Waals surface area (Å²) in [5.74, 6) is -1.18. The summed E-state index contributed by atoms with van der Waals surface area (Å²) < 4.78 is 6.18. The molecule has 3 aromatic carbocycles. The zero-order chi connectivity index (χ0) is 23.1. The minimum atomic E-state index is -0.806. The molecule has 1 aliphatic heterocycles. The number of nitrogens with zero attached hydrogens (tertiary/aromatic N) is 2. The van der Waals surface area contributed by atoms with Crippen LogP contribution in [0.4, 0.5) is 5.13 Å². The van der Waals surface area contributed by atoms with E-state index >= 15 is 0 Å². The molecule has 5 rings (SSSR count). The monoisotopic (exact) mass is 456 g/mol. The van der Waals surface area contributed by atoms with Crippen LogP contribution in [0.15, 0.2) is 78.4 Å². The number of thiazole rings is 1. The largest absolute Gasteiger partial charge is 0.507 e. The number of fused-ring (bicyclic) bond motifs is 1. The molecule has 0 spiro atoms. The number of aliphatic hydroxyl groups excluding tert-OH is 1. The van der Waals surface area contributed by atoms with Gasteiger partial charge in [-0.25, -0.2) is 4.98 Å². The van der Waals surface area contributed by atoms with Crippen molar-refractivity contribution in [3.8, 4) is 5.75 Å². The Bertz CT molecular complexity index is 1420. The molecule has 1 aromatic heterocycles. The van der Waals surface area contributed by atoms with Gasteiger partial charge >= 0.3 is 5.91 Å². The Morgan fingerprint density at radius 2 is 1.82 bits per heavy atom. The Morgan fingerprint density at radius 1 is 1.03 bits per heavy atom. The summed E-state index contributed by atoms with van der Waals surface area (Å²) in [6, 6.07) is 21.0. The third-order valence-electron chi connectivity index (χ3n) is 5.64. The summed E-state index contributed by atoms with van der Waals surface area (Å²) >= 11 is 1.35. The molecule has 33 heavy (non-hydrogen) atoms. The predicted molar refractivity (Wildman–Crippen MR) is 129 cm³/mol. The fourth-order valence-corrected chi connectivity index (χ4v) is 5.12. The number of carbonyl (C=O) groups is 2. The maximum Gasteiger partial charge on any atom is 0.301 e. The first-order chi connectivity index (χ1) is 16.0. The van der Waals surface area contributed by atoms with Crippen molar-refractivity contribution in [2.75, 3.05) is 12.0 Å². The molecule has 1 aliphatic rings. The molecule has 0 unspecified atom stereocenters. The number of hydrogen-bond donors (Lipinski definition) is 1. The standard InChI is InChI=1S/C26H20N2O4S/c1-15-11-12-19-20(13-15)33-26(27-19)28-22(16-7-4-3-5-8-16)21(24(30)25(28)31)23(29)17-9-6-10-18(14-17)32-2/h3-14,22,29H,1-2H3/t22-/m0/s1. The molecule has 4 aromatic rings. The lowest BCUT2D eigenvalue weighted by Crippen LogP contribution is -2.29. The first-order valence-corrected chi connectivity index (χ1v) is 11.2. The van der Waals surface area contributed by atoms with E-state index in [1.807, 2.05) is 55.5 Å². The number of carbonyl (C=O) groups excluding carboxylic acids is 2. The average Bonchev–Trinajstić information content (AvgIpc) is 3.37. The van der Waals surface area contributed by atoms with E-state index in [2.05, 4.69) is 4.98 Å². The Hall–Kier alpha value is -3.97. The van der Waals surface area contributed by atoms with Gasteiger partial charge in [-0.2, -0.15) is 0 Å². The molecule has 2 heterocycles. The molecule has 164 valence electrons. The van der Waals surface area contributed by atoms with Crippen LogP contribution in [0.1, 0.15) is 22.7 Å². The molecule has 6 nitrogen and oxygen atoms in total. The van der Waals surface area contributed by atoms with Crippen LogP contribution in [0, 0.1) is 6.92 Å². The minimum absolute atomic E-state index is 0.0230. The molecular weight excluding hydrogens is 436 g/mol. The van der Waals surface area contributed by atoms with Gasteiger partial charge in [0, 0.05) is 5.56 Å². The third-order valence-corrected chi connectivity index (χ3v) is 6.66. The van der Waals surface area contributed by atoms with Gasteiger partial charge in [-0.05, 0) is 42.3 Å². The fraction of sp³-hybridized carbons (Fsp3) is 0.115. The zero-order valence-electron chi connectivity index (χ0n) is 18.0. The predicted octanol–water partition coefficient (Wildman–Crippen LogP) is 5.24. The smallest absolute Gasteiger partial charge is 0.301 e. The lowest BCUT2D eigenvalue weighted by Gasteiger charge is -2.22. The lowest BCUT2D eigenvalue weighted by molar-refractivity contribution is -0.132. The highest BCUT2D eigenvalue weighted by molar-refractivity contribution is 7.22. The number of methoxy groups -OCH3 is 1.